The van der Waals surface area contributed by atoms with E-state index in [1.165, 1.54) is 0 Å². The second-order valence-electron chi connectivity index (χ2n) is 4.77. The van der Waals surface area contributed by atoms with Crippen molar-refractivity contribution < 1.29 is 28.2 Å². The summed E-state index contributed by atoms with van der Waals surface area (Å²) in [4.78, 5) is 10.5. The fourth-order valence-electron chi connectivity index (χ4n) is 2.12. The standard InChI is InChI=1S/C11H18F3NO3/c12-11(13,14)9(10(17)18)6-15-5-7-1-3-8(16)4-2-7/h7-9,15-16H,1-6H2,(H,17,18). The number of aliphatic carboxylic acids is 1. The van der Waals surface area contributed by atoms with Crippen LogP contribution in [-0.2, 0) is 4.79 Å². The number of halogens is 3. The van der Waals surface area contributed by atoms with Gasteiger partial charge in [-0.3, -0.25) is 4.79 Å². The van der Waals surface area contributed by atoms with Crippen LogP contribution in [0.15, 0.2) is 0 Å². The third kappa shape index (κ3) is 4.81. The molecule has 0 bridgehead atoms. The Morgan fingerprint density at radius 1 is 1.28 bits per heavy atom. The lowest BCUT2D eigenvalue weighted by atomic mass is 9.87. The third-order valence-electron chi connectivity index (χ3n) is 3.29. The Kier molecular flexibility index (Phi) is 5.40. The van der Waals surface area contributed by atoms with Crippen LogP contribution < -0.4 is 5.32 Å². The van der Waals surface area contributed by atoms with Crippen molar-refractivity contribution in [1.82, 2.24) is 5.32 Å². The van der Waals surface area contributed by atoms with E-state index in [1.807, 2.05) is 0 Å². The molecule has 1 rings (SSSR count). The zero-order valence-electron chi connectivity index (χ0n) is 9.91. The molecule has 3 N–H and O–H groups in total. The third-order valence-corrected chi connectivity index (χ3v) is 3.29. The molecule has 0 aliphatic heterocycles. The van der Waals surface area contributed by atoms with Gasteiger partial charge in [-0.15, -0.1) is 0 Å². The molecule has 0 aromatic carbocycles. The van der Waals surface area contributed by atoms with E-state index in [9.17, 15) is 23.1 Å². The van der Waals surface area contributed by atoms with E-state index in [1.54, 1.807) is 0 Å². The maximum atomic E-state index is 12.3. The summed E-state index contributed by atoms with van der Waals surface area (Å²) < 4.78 is 37.0. The van der Waals surface area contributed by atoms with Crippen LogP contribution in [0.2, 0.25) is 0 Å². The first-order valence-corrected chi connectivity index (χ1v) is 5.99. The van der Waals surface area contributed by atoms with E-state index in [2.05, 4.69) is 5.32 Å². The molecule has 0 radical (unpaired) electrons. The number of aliphatic hydroxyl groups is 1. The normalized spacial score (nSPS) is 26.9. The van der Waals surface area contributed by atoms with Crippen LogP contribution in [0, 0.1) is 11.8 Å². The average molecular weight is 269 g/mol. The molecule has 0 saturated heterocycles. The van der Waals surface area contributed by atoms with E-state index in [-0.39, 0.29) is 12.0 Å². The summed E-state index contributed by atoms with van der Waals surface area (Å²) in [6, 6.07) is 0. The summed E-state index contributed by atoms with van der Waals surface area (Å²) in [5.74, 6) is -3.99. The highest BCUT2D eigenvalue weighted by atomic mass is 19.4. The minimum absolute atomic E-state index is 0.219. The molecule has 1 aliphatic rings. The summed E-state index contributed by atoms with van der Waals surface area (Å²) >= 11 is 0. The monoisotopic (exact) mass is 269 g/mol. The number of hydrogen-bond donors (Lipinski definition) is 3. The quantitative estimate of drug-likeness (QED) is 0.705. The molecule has 1 aliphatic carbocycles. The van der Waals surface area contributed by atoms with E-state index in [4.69, 9.17) is 5.11 Å². The Labute approximate surface area is 103 Å². The first-order valence-electron chi connectivity index (χ1n) is 5.99. The van der Waals surface area contributed by atoms with E-state index >= 15 is 0 Å². The lowest BCUT2D eigenvalue weighted by Crippen LogP contribution is -2.40. The Hall–Kier alpha value is -0.820. The van der Waals surface area contributed by atoms with Gasteiger partial charge in [0.15, 0.2) is 5.92 Å². The number of carbonyl (C=O) groups is 1. The molecule has 0 aromatic rings. The number of aliphatic hydroxyl groups excluding tert-OH is 1. The van der Waals surface area contributed by atoms with Gasteiger partial charge in [0.1, 0.15) is 0 Å². The predicted octanol–water partition coefficient (Wildman–Crippen LogP) is 1.39. The summed E-state index contributed by atoms with van der Waals surface area (Å²) in [5.41, 5.74) is 0. The lowest BCUT2D eigenvalue weighted by molar-refractivity contribution is -0.192. The SMILES string of the molecule is O=C(O)C(CNCC1CCC(O)CC1)C(F)(F)F. The number of alkyl halides is 3. The molecule has 1 unspecified atom stereocenters. The number of nitrogens with one attached hydrogen (secondary N) is 1. The maximum absolute atomic E-state index is 12.3. The van der Waals surface area contributed by atoms with Crippen molar-refractivity contribution in [3.05, 3.63) is 0 Å². The topological polar surface area (TPSA) is 69.6 Å². The van der Waals surface area contributed by atoms with Crippen LogP contribution in [0.5, 0.6) is 0 Å². The highest BCUT2D eigenvalue weighted by Gasteiger charge is 2.44. The van der Waals surface area contributed by atoms with Crippen LogP contribution in [-0.4, -0.2) is 41.6 Å². The Morgan fingerprint density at radius 2 is 1.83 bits per heavy atom. The maximum Gasteiger partial charge on any atom is 0.403 e. The van der Waals surface area contributed by atoms with Crippen LogP contribution in [0.4, 0.5) is 13.2 Å². The molecule has 1 atom stereocenters. The molecule has 4 nitrogen and oxygen atoms in total. The first-order chi connectivity index (χ1) is 8.30. The average Bonchev–Trinajstić information content (AvgIpc) is 2.24. The molecule has 18 heavy (non-hydrogen) atoms. The lowest BCUT2D eigenvalue weighted by Gasteiger charge is -2.26. The van der Waals surface area contributed by atoms with Crippen LogP contribution in [0.3, 0.4) is 0 Å². The molecule has 1 saturated carbocycles. The van der Waals surface area contributed by atoms with Crippen molar-refractivity contribution in [1.29, 1.82) is 0 Å². The van der Waals surface area contributed by atoms with Gasteiger partial charge in [-0.25, -0.2) is 0 Å². The van der Waals surface area contributed by atoms with Crippen molar-refractivity contribution in [2.45, 2.75) is 38.0 Å². The van der Waals surface area contributed by atoms with Gasteiger partial charge in [-0.2, -0.15) is 13.2 Å². The molecule has 0 spiro atoms. The summed E-state index contributed by atoms with van der Waals surface area (Å²) in [6.07, 6.45) is -2.18. The van der Waals surface area contributed by atoms with Crippen LogP contribution in [0.1, 0.15) is 25.7 Å². The van der Waals surface area contributed by atoms with Gasteiger partial charge in [0.2, 0.25) is 0 Å². The van der Waals surface area contributed by atoms with Gasteiger partial charge in [0.25, 0.3) is 0 Å². The molecular formula is C11H18F3NO3. The molecule has 0 heterocycles. The summed E-state index contributed by atoms with van der Waals surface area (Å²) in [6.45, 7) is -0.232. The van der Waals surface area contributed by atoms with Crippen LogP contribution in [0.25, 0.3) is 0 Å². The molecule has 1 fully saturated rings. The first kappa shape index (κ1) is 15.2. The minimum Gasteiger partial charge on any atom is -0.481 e. The summed E-state index contributed by atoms with van der Waals surface area (Å²) in [5, 5.41) is 20.3. The molecule has 0 amide bonds. The highest BCUT2D eigenvalue weighted by molar-refractivity contribution is 5.71. The second-order valence-corrected chi connectivity index (χ2v) is 4.77. The molecule has 0 aromatic heterocycles. The van der Waals surface area contributed by atoms with Gasteiger partial charge >= 0.3 is 12.1 Å². The Balaban J connectivity index is 2.29. The zero-order valence-corrected chi connectivity index (χ0v) is 9.91. The van der Waals surface area contributed by atoms with Gasteiger partial charge < -0.3 is 15.5 Å². The van der Waals surface area contributed by atoms with Crippen molar-refractivity contribution in [2.24, 2.45) is 11.8 Å². The molecule has 106 valence electrons. The van der Waals surface area contributed by atoms with Crippen LogP contribution >= 0.6 is 0 Å². The van der Waals surface area contributed by atoms with E-state index < -0.39 is 24.6 Å². The van der Waals surface area contributed by atoms with Crippen molar-refractivity contribution in [3.8, 4) is 0 Å². The second kappa shape index (κ2) is 6.38. The van der Waals surface area contributed by atoms with Crippen molar-refractivity contribution >= 4 is 5.97 Å². The van der Waals surface area contributed by atoms with Gasteiger partial charge in [0, 0.05) is 6.54 Å². The summed E-state index contributed by atoms with van der Waals surface area (Å²) in [7, 11) is 0. The van der Waals surface area contributed by atoms with Gasteiger partial charge in [-0.05, 0) is 38.1 Å². The Morgan fingerprint density at radius 3 is 2.28 bits per heavy atom. The number of carboxylic acids is 1. The number of hydrogen-bond acceptors (Lipinski definition) is 3. The van der Waals surface area contributed by atoms with E-state index in [0.29, 0.717) is 19.4 Å². The smallest absolute Gasteiger partial charge is 0.403 e. The Bertz CT molecular complexity index is 275. The largest absolute Gasteiger partial charge is 0.481 e. The number of rotatable bonds is 5. The minimum atomic E-state index is -4.72. The predicted molar refractivity (Wildman–Crippen MR) is 58.0 cm³/mol. The van der Waals surface area contributed by atoms with Crippen molar-refractivity contribution in [2.75, 3.05) is 13.1 Å². The van der Waals surface area contributed by atoms with Crippen molar-refractivity contribution in [3.63, 3.8) is 0 Å². The van der Waals surface area contributed by atoms with E-state index in [0.717, 1.165) is 12.8 Å². The van der Waals surface area contributed by atoms with Gasteiger partial charge in [-0.1, -0.05) is 0 Å². The highest BCUT2D eigenvalue weighted by Crippen LogP contribution is 2.27. The fourth-order valence-corrected chi connectivity index (χ4v) is 2.12. The number of carboxylic acid groups (broad SMARTS) is 1. The zero-order chi connectivity index (χ0) is 13.8. The van der Waals surface area contributed by atoms with Gasteiger partial charge in [0.05, 0.1) is 6.10 Å². The molecule has 7 heteroatoms. The fraction of sp³-hybridized carbons (Fsp3) is 0.909. The molecular weight excluding hydrogens is 251 g/mol.